The van der Waals surface area contributed by atoms with E-state index in [0.717, 1.165) is 33.3 Å². The summed E-state index contributed by atoms with van der Waals surface area (Å²) in [4.78, 5) is 4.72. The number of amidine groups is 1. The molecule has 0 N–H and O–H groups in total. The lowest BCUT2D eigenvalue weighted by atomic mass is 9.97. The lowest BCUT2D eigenvalue weighted by molar-refractivity contribution is 0.722. The largest absolute Gasteiger partial charge is 0.616 e. The Morgan fingerprint density at radius 1 is 0.864 bits per heavy atom. The first-order valence-corrected chi connectivity index (χ1v) is 7.27. The number of hydroxylamine groups is 2. The number of rotatable bonds is 0. The number of benzene rings is 3. The van der Waals surface area contributed by atoms with Crippen LogP contribution in [0, 0.1) is 5.21 Å². The number of fused-ring (bicyclic) bond motifs is 4. The highest BCUT2D eigenvalue weighted by atomic mass is 16.5. The van der Waals surface area contributed by atoms with Crippen molar-refractivity contribution in [2.24, 2.45) is 4.99 Å². The summed E-state index contributed by atoms with van der Waals surface area (Å²) in [6.45, 7) is 0. The van der Waals surface area contributed by atoms with Crippen LogP contribution in [0.1, 0.15) is 11.1 Å². The normalized spacial score (nSPS) is 21.2. The van der Waals surface area contributed by atoms with Crippen molar-refractivity contribution in [2.45, 2.75) is 0 Å². The van der Waals surface area contributed by atoms with Crippen molar-refractivity contribution in [3.05, 3.63) is 83.2 Å². The molecule has 3 nitrogen and oxygen atoms in total. The maximum absolute atomic E-state index is 13.6. The lowest BCUT2D eigenvalue weighted by Gasteiger charge is -2.43. The van der Waals surface area contributed by atoms with Gasteiger partial charge in [0.25, 0.3) is 0 Å². The fourth-order valence-corrected chi connectivity index (χ4v) is 3.40. The van der Waals surface area contributed by atoms with Crippen molar-refractivity contribution >= 4 is 34.1 Å². The van der Waals surface area contributed by atoms with E-state index >= 15 is 0 Å². The molecule has 22 heavy (non-hydrogen) atoms. The molecule has 2 heterocycles. The number of nitrogens with zero attached hydrogens (tertiary/aromatic N) is 2. The zero-order valence-electron chi connectivity index (χ0n) is 11.7. The number of aliphatic imine (C=N–C) groups is 1. The highest BCUT2D eigenvalue weighted by Crippen LogP contribution is 2.45. The van der Waals surface area contributed by atoms with Crippen LogP contribution < -0.4 is 4.65 Å². The van der Waals surface area contributed by atoms with Crippen LogP contribution in [-0.2, 0) is 0 Å². The van der Waals surface area contributed by atoms with E-state index in [4.69, 9.17) is 4.99 Å². The molecule has 0 saturated carbocycles. The Morgan fingerprint density at radius 2 is 1.68 bits per heavy atom. The van der Waals surface area contributed by atoms with Crippen LogP contribution in [0.15, 0.2) is 71.9 Å². The molecular formula is C19H12N2O. The van der Waals surface area contributed by atoms with Crippen LogP contribution in [-0.4, -0.2) is 5.84 Å². The van der Waals surface area contributed by atoms with Gasteiger partial charge in [-0.05, 0) is 23.1 Å². The highest BCUT2D eigenvalue weighted by Gasteiger charge is 2.37. The van der Waals surface area contributed by atoms with Gasteiger partial charge in [0.1, 0.15) is 6.20 Å². The molecule has 2 aliphatic heterocycles. The van der Waals surface area contributed by atoms with Crippen molar-refractivity contribution in [1.82, 2.24) is 4.65 Å². The van der Waals surface area contributed by atoms with Crippen molar-refractivity contribution < 1.29 is 0 Å². The van der Waals surface area contributed by atoms with E-state index in [1.807, 2.05) is 66.7 Å². The summed E-state index contributed by atoms with van der Waals surface area (Å²) in [6.07, 6.45) is 3.58. The second-order valence-corrected chi connectivity index (χ2v) is 5.65. The average molecular weight is 284 g/mol. The second kappa shape index (κ2) is 3.91. The van der Waals surface area contributed by atoms with Crippen LogP contribution in [0.5, 0.6) is 0 Å². The van der Waals surface area contributed by atoms with Gasteiger partial charge in [-0.25, -0.2) is 0 Å². The molecular weight excluding hydrogens is 272 g/mol. The molecule has 104 valence electrons. The Kier molecular flexibility index (Phi) is 2.11. The molecule has 3 aromatic carbocycles. The summed E-state index contributed by atoms with van der Waals surface area (Å²) in [7, 11) is 0. The Morgan fingerprint density at radius 3 is 2.59 bits per heavy atom. The summed E-state index contributed by atoms with van der Waals surface area (Å²) in [5.74, 6) is 0.546. The van der Waals surface area contributed by atoms with Crippen LogP contribution in [0.2, 0.25) is 0 Å². The van der Waals surface area contributed by atoms with E-state index in [1.54, 1.807) is 6.20 Å². The molecule has 3 heteroatoms. The molecule has 0 bridgehead atoms. The molecule has 0 saturated heterocycles. The van der Waals surface area contributed by atoms with E-state index in [0.29, 0.717) is 5.84 Å². The third-order valence-electron chi connectivity index (χ3n) is 4.43. The van der Waals surface area contributed by atoms with Gasteiger partial charge in [0.2, 0.25) is 5.84 Å². The van der Waals surface area contributed by atoms with Gasteiger partial charge in [-0.3, -0.25) is 4.65 Å². The average Bonchev–Trinajstić information content (AvgIpc) is 2.57. The van der Waals surface area contributed by atoms with E-state index in [-0.39, 0.29) is 0 Å². The van der Waals surface area contributed by atoms with E-state index in [9.17, 15) is 5.21 Å². The first kappa shape index (κ1) is 11.9. The molecule has 1 atom stereocenters. The summed E-state index contributed by atoms with van der Waals surface area (Å²) in [5.41, 5.74) is 3.56. The smallest absolute Gasteiger partial charge is 0.245 e. The van der Waals surface area contributed by atoms with Gasteiger partial charge in [0.05, 0.1) is 16.6 Å². The Bertz CT molecular complexity index is 998. The molecule has 3 aromatic rings. The number of hydrogen-bond donors (Lipinski definition) is 0. The lowest BCUT2D eigenvalue weighted by Crippen LogP contribution is -2.47. The van der Waals surface area contributed by atoms with Gasteiger partial charge in [0.15, 0.2) is 5.69 Å². The van der Waals surface area contributed by atoms with E-state index in [2.05, 4.69) is 0 Å². The van der Waals surface area contributed by atoms with Gasteiger partial charge < -0.3 is 5.21 Å². The molecule has 5 rings (SSSR count). The minimum absolute atomic E-state index is 0.546. The first-order chi connectivity index (χ1) is 10.8. The van der Waals surface area contributed by atoms with Gasteiger partial charge in [-0.1, -0.05) is 42.5 Å². The molecule has 0 aromatic heterocycles. The Hall–Kier alpha value is -2.75. The number of quaternary nitrogens is 1. The SMILES string of the molecule is [O-][N+]12C=Cc3ccccc3C1=Nc1cccc3cccc2c13. The van der Waals surface area contributed by atoms with Gasteiger partial charge in [-0.2, -0.15) is 4.99 Å². The van der Waals surface area contributed by atoms with Crippen LogP contribution in [0.3, 0.4) is 0 Å². The minimum atomic E-state index is -0.620. The third-order valence-corrected chi connectivity index (χ3v) is 4.43. The van der Waals surface area contributed by atoms with Crippen LogP contribution in [0.4, 0.5) is 11.4 Å². The zero-order chi connectivity index (χ0) is 14.7. The molecule has 2 aliphatic rings. The van der Waals surface area contributed by atoms with E-state index in [1.165, 1.54) is 0 Å². The van der Waals surface area contributed by atoms with Gasteiger partial charge >= 0.3 is 0 Å². The summed E-state index contributed by atoms with van der Waals surface area (Å²) < 4.78 is -0.620. The third kappa shape index (κ3) is 1.34. The fraction of sp³-hybridized carbons (Fsp3) is 0. The Labute approximate surface area is 127 Å². The van der Waals surface area contributed by atoms with Gasteiger partial charge in [-0.15, -0.1) is 0 Å². The number of hydrogen-bond acceptors (Lipinski definition) is 2. The van der Waals surface area contributed by atoms with Crippen molar-refractivity contribution in [3.63, 3.8) is 0 Å². The fourth-order valence-electron chi connectivity index (χ4n) is 3.40. The monoisotopic (exact) mass is 284 g/mol. The van der Waals surface area contributed by atoms with Crippen LogP contribution >= 0.6 is 0 Å². The van der Waals surface area contributed by atoms with Crippen molar-refractivity contribution in [2.75, 3.05) is 0 Å². The molecule has 1 unspecified atom stereocenters. The topological polar surface area (TPSA) is 35.4 Å². The molecule has 0 fully saturated rings. The van der Waals surface area contributed by atoms with Crippen molar-refractivity contribution in [1.29, 1.82) is 0 Å². The predicted molar refractivity (Wildman–Crippen MR) is 90.8 cm³/mol. The zero-order valence-corrected chi connectivity index (χ0v) is 11.7. The van der Waals surface area contributed by atoms with Crippen LogP contribution in [0.25, 0.3) is 16.8 Å². The molecule has 0 amide bonds. The van der Waals surface area contributed by atoms with Crippen molar-refractivity contribution in [3.8, 4) is 0 Å². The second-order valence-electron chi connectivity index (χ2n) is 5.65. The summed E-state index contributed by atoms with van der Waals surface area (Å²) >= 11 is 0. The van der Waals surface area contributed by atoms with E-state index < -0.39 is 4.65 Å². The summed E-state index contributed by atoms with van der Waals surface area (Å²) in [5, 5.41) is 15.6. The quantitative estimate of drug-likeness (QED) is 0.434. The molecule has 0 spiro atoms. The van der Waals surface area contributed by atoms with Gasteiger partial charge in [0, 0.05) is 12.1 Å². The molecule has 0 radical (unpaired) electrons. The highest BCUT2D eigenvalue weighted by molar-refractivity contribution is 6.20. The first-order valence-electron chi connectivity index (χ1n) is 7.27. The predicted octanol–water partition coefficient (Wildman–Crippen LogP) is 4.72. The maximum Gasteiger partial charge on any atom is 0.245 e. The standard InChI is InChI=1S/C19H12N2O/c22-21-12-11-13-5-1-2-8-15(13)19(21)20-16-9-3-6-14-7-4-10-17(21)18(14)16/h1-12H. The summed E-state index contributed by atoms with van der Waals surface area (Å²) in [6, 6.07) is 19.8. The minimum Gasteiger partial charge on any atom is -0.616 e. The molecule has 0 aliphatic carbocycles. The maximum atomic E-state index is 13.6. The Balaban J connectivity index is 1.95.